The summed E-state index contributed by atoms with van der Waals surface area (Å²) < 4.78 is 30.5. The normalized spacial score (nSPS) is 18.1. The molecule has 14 heavy (non-hydrogen) atoms. The number of para-hydroxylation sites is 1. The van der Waals surface area contributed by atoms with Crippen molar-refractivity contribution in [3.63, 3.8) is 0 Å². The predicted octanol–water partition coefficient (Wildman–Crippen LogP) is 2.21. The van der Waals surface area contributed by atoms with E-state index >= 15 is 0 Å². The lowest BCUT2D eigenvalue weighted by molar-refractivity contribution is -0.189. The van der Waals surface area contributed by atoms with Crippen LogP contribution in [-0.2, 0) is 4.79 Å². The molecule has 0 radical (unpaired) electrons. The van der Waals surface area contributed by atoms with Gasteiger partial charge in [-0.25, -0.2) is 0 Å². The number of benzene rings is 1. The first-order valence-corrected chi connectivity index (χ1v) is 4.75. The number of hydrogen-bond acceptors (Lipinski definition) is 2. The molecule has 1 N–H and O–H groups in total. The van der Waals surface area contributed by atoms with Gasteiger partial charge in [0.1, 0.15) is 0 Å². The minimum absolute atomic E-state index is 0.0118. The Balaban J connectivity index is 2.51. The number of carbonyl (C=O) groups excluding carboxylic acids is 1. The number of nitrogens with one attached hydrogen (secondary N) is 1. The van der Waals surface area contributed by atoms with Gasteiger partial charge in [-0.05, 0) is 34.7 Å². The molecule has 74 valence electrons. The highest BCUT2D eigenvalue weighted by molar-refractivity contribution is 14.1. The van der Waals surface area contributed by atoms with Crippen LogP contribution in [0, 0.1) is 3.57 Å². The molecule has 0 saturated carbocycles. The van der Waals surface area contributed by atoms with Gasteiger partial charge >= 0.3 is 12.0 Å². The van der Waals surface area contributed by atoms with E-state index in [0.29, 0.717) is 3.57 Å². The van der Waals surface area contributed by atoms with Gasteiger partial charge in [-0.1, -0.05) is 6.07 Å². The average Bonchev–Trinajstić information content (AvgIpc) is 2.09. The van der Waals surface area contributed by atoms with Crippen LogP contribution in [-0.4, -0.2) is 12.0 Å². The van der Waals surface area contributed by atoms with E-state index in [-0.39, 0.29) is 11.4 Å². The Morgan fingerprint density at radius 2 is 2.14 bits per heavy atom. The van der Waals surface area contributed by atoms with E-state index < -0.39 is 12.0 Å². The molecule has 1 aliphatic rings. The second-order valence-corrected chi connectivity index (χ2v) is 3.85. The zero-order valence-corrected chi connectivity index (χ0v) is 8.84. The Morgan fingerprint density at radius 3 is 2.86 bits per heavy atom. The van der Waals surface area contributed by atoms with Crippen molar-refractivity contribution in [1.82, 2.24) is 0 Å². The number of anilines is 1. The molecule has 0 atom stereocenters. The van der Waals surface area contributed by atoms with Gasteiger partial charge in [0.25, 0.3) is 0 Å². The fraction of sp³-hybridized carbons (Fsp3) is 0.125. The monoisotopic (exact) mass is 311 g/mol. The van der Waals surface area contributed by atoms with E-state index in [0.717, 1.165) is 0 Å². The zero-order valence-electron chi connectivity index (χ0n) is 6.68. The molecular weight excluding hydrogens is 307 g/mol. The average molecular weight is 311 g/mol. The number of fused-ring (bicyclic) bond motifs is 1. The summed E-state index contributed by atoms with van der Waals surface area (Å²) in [6.07, 6.45) is -3.78. The Morgan fingerprint density at radius 1 is 1.43 bits per heavy atom. The second kappa shape index (κ2) is 3.04. The van der Waals surface area contributed by atoms with E-state index in [1.165, 1.54) is 6.07 Å². The Hall–Kier alpha value is -0.920. The van der Waals surface area contributed by atoms with Crippen LogP contribution in [0.3, 0.4) is 0 Å². The summed E-state index contributed by atoms with van der Waals surface area (Å²) in [5, 5.41) is 2.07. The van der Waals surface area contributed by atoms with Gasteiger partial charge in [-0.15, -0.1) is 0 Å². The summed E-state index contributed by atoms with van der Waals surface area (Å²) in [6.45, 7) is 0. The molecule has 1 heterocycles. The first-order valence-electron chi connectivity index (χ1n) is 3.67. The van der Waals surface area contributed by atoms with Crippen molar-refractivity contribution in [2.45, 2.75) is 6.11 Å². The molecule has 0 bridgehead atoms. The first kappa shape index (κ1) is 9.63. The van der Waals surface area contributed by atoms with Crippen molar-refractivity contribution in [1.29, 1.82) is 0 Å². The minimum atomic E-state index is -3.78. The number of carbonyl (C=O) groups is 1. The standard InChI is InChI=1S/C8H4F2INO2/c9-8(10)7(13)12-5-3-1-2-4(11)6(5)14-8/h1-3H,(H,12,13). The fourth-order valence-corrected chi connectivity index (χ4v) is 1.69. The summed E-state index contributed by atoms with van der Waals surface area (Å²) in [5.74, 6) is -1.43. The Kier molecular flexibility index (Phi) is 2.09. The van der Waals surface area contributed by atoms with E-state index in [9.17, 15) is 13.6 Å². The summed E-state index contributed by atoms with van der Waals surface area (Å²) in [5.41, 5.74) is 0.271. The molecule has 1 aromatic rings. The van der Waals surface area contributed by atoms with Gasteiger partial charge in [0.05, 0.1) is 9.26 Å². The summed E-state index contributed by atoms with van der Waals surface area (Å²) in [4.78, 5) is 10.8. The number of halogens is 3. The summed E-state index contributed by atoms with van der Waals surface area (Å²) in [6, 6.07) is 4.77. The largest absolute Gasteiger partial charge is 0.482 e. The molecule has 6 heteroatoms. The third-order valence-corrected chi connectivity index (χ3v) is 2.56. The van der Waals surface area contributed by atoms with Crippen LogP contribution in [0.2, 0.25) is 0 Å². The van der Waals surface area contributed by atoms with Crippen molar-refractivity contribution in [3.8, 4) is 5.75 Å². The van der Waals surface area contributed by atoms with Crippen LogP contribution in [0.15, 0.2) is 18.2 Å². The van der Waals surface area contributed by atoms with Crippen molar-refractivity contribution in [3.05, 3.63) is 21.8 Å². The highest BCUT2D eigenvalue weighted by Gasteiger charge is 2.46. The maximum absolute atomic E-state index is 12.8. The third-order valence-electron chi connectivity index (χ3n) is 1.71. The molecule has 2 rings (SSSR count). The van der Waals surface area contributed by atoms with Crippen LogP contribution in [0.25, 0.3) is 0 Å². The molecule has 1 amide bonds. The Labute approximate surface area is 91.6 Å². The van der Waals surface area contributed by atoms with Crippen molar-refractivity contribution >= 4 is 34.2 Å². The highest BCUT2D eigenvalue weighted by Crippen LogP contribution is 2.38. The van der Waals surface area contributed by atoms with Crippen LogP contribution in [0.5, 0.6) is 5.75 Å². The van der Waals surface area contributed by atoms with Crippen molar-refractivity contribution < 1.29 is 18.3 Å². The summed E-state index contributed by atoms with van der Waals surface area (Å²) >= 11 is 1.86. The quantitative estimate of drug-likeness (QED) is 0.746. The zero-order chi connectivity index (χ0) is 10.3. The third kappa shape index (κ3) is 1.43. The fourth-order valence-electron chi connectivity index (χ4n) is 1.08. The first-order chi connectivity index (χ1) is 6.50. The maximum Gasteiger partial charge on any atom is 0.482 e. The van der Waals surface area contributed by atoms with Gasteiger partial charge in [-0.3, -0.25) is 4.79 Å². The molecule has 0 spiro atoms. The lowest BCUT2D eigenvalue weighted by Gasteiger charge is -2.25. The minimum Gasteiger partial charge on any atom is -0.422 e. The molecule has 0 aromatic heterocycles. The molecule has 0 aliphatic carbocycles. The molecular formula is C8H4F2INO2. The molecule has 0 fully saturated rings. The van der Waals surface area contributed by atoms with Crippen LogP contribution in [0.1, 0.15) is 0 Å². The number of hydrogen-bond donors (Lipinski definition) is 1. The van der Waals surface area contributed by atoms with Crippen molar-refractivity contribution in [2.75, 3.05) is 5.32 Å². The van der Waals surface area contributed by atoms with Gasteiger partial charge in [0.15, 0.2) is 5.75 Å². The summed E-state index contributed by atoms with van der Waals surface area (Å²) in [7, 11) is 0. The molecule has 0 saturated heterocycles. The maximum atomic E-state index is 12.8. The van der Waals surface area contributed by atoms with E-state index in [1.54, 1.807) is 12.1 Å². The lowest BCUT2D eigenvalue weighted by atomic mass is 10.2. The smallest absolute Gasteiger partial charge is 0.422 e. The SMILES string of the molecule is O=C1Nc2cccc(I)c2OC1(F)F. The molecule has 3 nitrogen and oxygen atoms in total. The Bertz CT molecular complexity index is 408. The second-order valence-electron chi connectivity index (χ2n) is 2.69. The van der Waals surface area contributed by atoms with E-state index in [4.69, 9.17) is 0 Å². The van der Waals surface area contributed by atoms with Gasteiger partial charge < -0.3 is 10.1 Å². The van der Waals surface area contributed by atoms with Gasteiger partial charge in [0, 0.05) is 0 Å². The molecule has 1 aromatic carbocycles. The number of amides is 1. The van der Waals surface area contributed by atoms with Gasteiger partial charge in [-0.2, -0.15) is 8.78 Å². The lowest BCUT2D eigenvalue weighted by Crippen LogP contribution is -2.43. The van der Waals surface area contributed by atoms with Crippen LogP contribution >= 0.6 is 22.6 Å². The van der Waals surface area contributed by atoms with Crippen molar-refractivity contribution in [2.24, 2.45) is 0 Å². The van der Waals surface area contributed by atoms with Crippen LogP contribution in [0.4, 0.5) is 14.5 Å². The topological polar surface area (TPSA) is 38.3 Å². The van der Waals surface area contributed by atoms with Gasteiger partial charge in [0.2, 0.25) is 0 Å². The number of ether oxygens (including phenoxy) is 1. The number of rotatable bonds is 0. The van der Waals surface area contributed by atoms with E-state index in [1.807, 2.05) is 22.6 Å². The highest BCUT2D eigenvalue weighted by atomic mass is 127. The molecule has 1 aliphatic heterocycles. The van der Waals surface area contributed by atoms with Crippen LogP contribution < -0.4 is 10.1 Å². The molecule has 0 unspecified atom stereocenters. The predicted molar refractivity (Wildman–Crippen MR) is 53.4 cm³/mol. The number of alkyl halides is 2. The van der Waals surface area contributed by atoms with E-state index in [2.05, 4.69) is 10.1 Å².